The zero-order chi connectivity index (χ0) is 21.0. The number of methoxy groups -OCH3 is 1. The van der Waals surface area contributed by atoms with E-state index in [0.717, 1.165) is 32.1 Å². The van der Waals surface area contributed by atoms with Crippen LogP contribution in [0.2, 0.25) is 0 Å². The molecule has 0 heterocycles. The number of aliphatic hydroxyl groups excluding tert-OH is 2. The zero-order valence-corrected chi connectivity index (χ0v) is 18.9. The molecule has 10 atom stereocenters. The second kappa shape index (κ2) is 7.82. The van der Waals surface area contributed by atoms with Crippen molar-refractivity contribution in [2.45, 2.75) is 97.2 Å². The number of fused-ring (bicyclic) bond motifs is 5. The third kappa shape index (κ3) is 3.46. The van der Waals surface area contributed by atoms with Gasteiger partial charge < -0.3 is 14.9 Å². The summed E-state index contributed by atoms with van der Waals surface area (Å²) in [4.78, 5) is 11.6. The highest BCUT2D eigenvalue weighted by atomic mass is 16.5. The van der Waals surface area contributed by atoms with E-state index in [0.29, 0.717) is 47.3 Å². The van der Waals surface area contributed by atoms with Crippen molar-refractivity contribution in [2.24, 2.45) is 46.3 Å². The summed E-state index contributed by atoms with van der Waals surface area (Å²) in [7, 11) is 1.48. The lowest BCUT2D eigenvalue weighted by Crippen LogP contribution is -2.58. The van der Waals surface area contributed by atoms with Crippen LogP contribution >= 0.6 is 0 Å². The zero-order valence-electron chi connectivity index (χ0n) is 18.9. The Bertz CT molecular complexity index is 620. The van der Waals surface area contributed by atoms with Crippen molar-refractivity contribution in [2.75, 3.05) is 7.11 Å². The molecule has 0 aromatic rings. The van der Waals surface area contributed by atoms with Gasteiger partial charge in [-0.1, -0.05) is 20.8 Å². The van der Waals surface area contributed by atoms with E-state index in [1.54, 1.807) is 0 Å². The Hall–Kier alpha value is -0.610. The third-order valence-corrected chi connectivity index (χ3v) is 10.4. The van der Waals surface area contributed by atoms with Crippen molar-refractivity contribution >= 4 is 5.97 Å². The normalized spacial score (nSPS) is 50.2. The predicted octanol–water partition coefficient (Wildman–Crippen LogP) is 4.57. The van der Waals surface area contributed by atoms with Gasteiger partial charge in [-0.15, -0.1) is 0 Å². The van der Waals surface area contributed by atoms with E-state index in [-0.39, 0.29) is 23.6 Å². The molecule has 2 N–H and O–H groups in total. The predicted molar refractivity (Wildman–Crippen MR) is 113 cm³/mol. The number of carbonyl (C=O) groups excluding carboxylic acids is 1. The topological polar surface area (TPSA) is 66.8 Å². The van der Waals surface area contributed by atoms with E-state index < -0.39 is 0 Å². The fourth-order valence-electron chi connectivity index (χ4n) is 8.82. The highest BCUT2D eigenvalue weighted by Gasteiger charge is 2.62. The fourth-order valence-corrected chi connectivity index (χ4v) is 8.82. The molecule has 0 radical (unpaired) electrons. The Morgan fingerprint density at radius 1 is 1.03 bits per heavy atom. The quantitative estimate of drug-likeness (QED) is 0.671. The number of esters is 1. The van der Waals surface area contributed by atoms with E-state index in [1.165, 1.54) is 32.8 Å². The number of ether oxygens (including phenoxy) is 1. The van der Waals surface area contributed by atoms with Crippen LogP contribution in [-0.2, 0) is 9.53 Å². The number of aliphatic hydroxyl groups is 2. The van der Waals surface area contributed by atoms with Gasteiger partial charge in [-0.25, -0.2) is 0 Å². The minimum Gasteiger partial charge on any atom is -0.469 e. The fraction of sp³-hybridized carbons (Fsp3) is 0.960. The molecule has 4 aliphatic carbocycles. The Balaban J connectivity index is 1.53. The molecule has 4 nitrogen and oxygen atoms in total. The molecule has 0 aromatic heterocycles. The average molecular weight is 407 g/mol. The summed E-state index contributed by atoms with van der Waals surface area (Å²) in [6.45, 7) is 7.29. The molecule has 0 amide bonds. The van der Waals surface area contributed by atoms with Crippen molar-refractivity contribution < 1.29 is 19.7 Å². The SMILES string of the molecule is COC(=O)CCC(C)C1CCC2[C@@H]3[C@H](O)C[C@@H]4C[C@H](O)CC[C@]4(C)[C@H]3CC[C@]12C. The van der Waals surface area contributed by atoms with Gasteiger partial charge in [-0.2, -0.15) is 0 Å². The van der Waals surface area contributed by atoms with Crippen LogP contribution in [0.1, 0.15) is 85.0 Å². The second-order valence-corrected chi connectivity index (χ2v) is 11.5. The van der Waals surface area contributed by atoms with Crippen LogP contribution in [0, 0.1) is 46.3 Å². The molecule has 29 heavy (non-hydrogen) atoms. The first-order valence-electron chi connectivity index (χ1n) is 12.1. The molecule has 3 unspecified atom stereocenters. The number of hydrogen-bond acceptors (Lipinski definition) is 4. The summed E-state index contributed by atoms with van der Waals surface area (Å²) in [5, 5.41) is 21.5. The van der Waals surface area contributed by atoms with E-state index in [1.807, 2.05) is 0 Å². The summed E-state index contributed by atoms with van der Waals surface area (Å²) in [6, 6.07) is 0. The monoisotopic (exact) mass is 406 g/mol. The van der Waals surface area contributed by atoms with Gasteiger partial charge in [0.15, 0.2) is 0 Å². The summed E-state index contributed by atoms with van der Waals surface area (Å²) in [5.74, 6) is 3.17. The summed E-state index contributed by atoms with van der Waals surface area (Å²) >= 11 is 0. The van der Waals surface area contributed by atoms with Crippen LogP contribution in [0.4, 0.5) is 0 Å². The van der Waals surface area contributed by atoms with Crippen LogP contribution in [0.25, 0.3) is 0 Å². The molecule has 4 fully saturated rings. The Morgan fingerprint density at radius 2 is 1.72 bits per heavy atom. The first kappa shape index (κ1) is 21.6. The minimum absolute atomic E-state index is 0.0959. The van der Waals surface area contributed by atoms with Gasteiger partial charge in [0, 0.05) is 6.42 Å². The maximum absolute atomic E-state index is 11.6. The summed E-state index contributed by atoms with van der Waals surface area (Å²) in [5.41, 5.74) is 0.577. The van der Waals surface area contributed by atoms with Crippen molar-refractivity contribution in [3.05, 3.63) is 0 Å². The summed E-state index contributed by atoms with van der Waals surface area (Å²) < 4.78 is 4.86. The van der Waals surface area contributed by atoms with E-state index >= 15 is 0 Å². The van der Waals surface area contributed by atoms with Crippen LogP contribution in [0.5, 0.6) is 0 Å². The molecule has 4 heteroatoms. The molecule has 4 rings (SSSR count). The first-order valence-corrected chi connectivity index (χ1v) is 12.1. The second-order valence-electron chi connectivity index (χ2n) is 11.5. The molecule has 166 valence electrons. The van der Waals surface area contributed by atoms with Crippen molar-refractivity contribution in [1.29, 1.82) is 0 Å². The molecule has 0 saturated heterocycles. The lowest BCUT2D eigenvalue weighted by atomic mass is 9.43. The largest absolute Gasteiger partial charge is 0.469 e. The standard InChI is InChI=1S/C25H42O4/c1-15(5-8-22(28)29-4)18-6-7-19-23-20(10-12-25(18,19)3)24(2)11-9-17(26)13-16(24)14-21(23)27/h15-21,23,26-27H,5-14H2,1-4H3/t15?,16-,17+,18?,19?,20-,21+,23-,24-,25+/m0/s1. The van der Waals surface area contributed by atoms with Crippen molar-refractivity contribution in [3.8, 4) is 0 Å². The molecule has 0 aliphatic heterocycles. The van der Waals surface area contributed by atoms with Gasteiger partial charge in [0.2, 0.25) is 0 Å². The van der Waals surface area contributed by atoms with Crippen molar-refractivity contribution in [1.82, 2.24) is 0 Å². The maximum atomic E-state index is 11.6. The molecule has 0 aromatic carbocycles. The van der Waals surface area contributed by atoms with E-state index in [2.05, 4.69) is 20.8 Å². The van der Waals surface area contributed by atoms with E-state index in [9.17, 15) is 15.0 Å². The van der Waals surface area contributed by atoms with Gasteiger partial charge in [0.05, 0.1) is 19.3 Å². The average Bonchev–Trinajstić information content (AvgIpc) is 3.04. The maximum Gasteiger partial charge on any atom is 0.305 e. The van der Waals surface area contributed by atoms with Gasteiger partial charge in [0.25, 0.3) is 0 Å². The number of rotatable bonds is 4. The number of carbonyl (C=O) groups is 1. The summed E-state index contributed by atoms with van der Waals surface area (Å²) in [6.07, 6.45) is 9.80. The third-order valence-electron chi connectivity index (χ3n) is 10.4. The smallest absolute Gasteiger partial charge is 0.305 e. The van der Waals surface area contributed by atoms with Gasteiger partial charge >= 0.3 is 5.97 Å². The Kier molecular flexibility index (Phi) is 5.83. The Labute approximate surface area is 176 Å². The van der Waals surface area contributed by atoms with E-state index in [4.69, 9.17) is 4.74 Å². The molecular weight excluding hydrogens is 364 g/mol. The van der Waals surface area contributed by atoms with Crippen LogP contribution in [-0.4, -0.2) is 35.5 Å². The minimum atomic E-state index is -0.211. The van der Waals surface area contributed by atoms with Crippen LogP contribution in [0.3, 0.4) is 0 Å². The van der Waals surface area contributed by atoms with Gasteiger partial charge in [-0.3, -0.25) is 4.79 Å². The Morgan fingerprint density at radius 3 is 2.45 bits per heavy atom. The highest BCUT2D eigenvalue weighted by Crippen LogP contribution is 2.68. The lowest BCUT2D eigenvalue weighted by Gasteiger charge is -2.62. The first-order chi connectivity index (χ1) is 13.7. The van der Waals surface area contributed by atoms with Crippen molar-refractivity contribution in [3.63, 3.8) is 0 Å². The van der Waals surface area contributed by atoms with Gasteiger partial charge in [0.1, 0.15) is 0 Å². The van der Waals surface area contributed by atoms with Crippen LogP contribution < -0.4 is 0 Å². The lowest BCUT2D eigenvalue weighted by molar-refractivity contribution is -0.174. The molecule has 4 saturated carbocycles. The molecule has 0 bridgehead atoms. The van der Waals surface area contributed by atoms with Gasteiger partial charge in [-0.05, 0) is 104 Å². The highest BCUT2D eigenvalue weighted by molar-refractivity contribution is 5.69. The van der Waals surface area contributed by atoms with Crippen LogP contribution in [0.15, 0.2) is 0 Å². The molecule has 0 spiro atoms. The number of hydrogen-bond donors (Lipinski definition) is 2. The molecular formula is C25H42O4. The molecule has 4 aliphatic rings.